The monoisotopic (exact) mass is 519 g/mol. The Morgan fingerprint density at radius 2 is 1.68 bits per heavy atom. The van der Waals surface area contributed by atoms with Gasteiger partial charge < -0.3 is 9.53 Å². The highest BCUT2D eigenvalue weighted by Crippen LogP contribution is 2.74. The first-order valence-corrected chi connectivity index (χ1v) is 14.5. The van der Waals surface area contributed by atoms with Gasteiger partial charge in [-0.2, -0.15) is 0 Å². The molecule has 5 nitrogen and oxygen atoms in total. The number of esters is 1. The van der Waals surface area contributed by atoms with Crippen LogP contribution in [0.3, 0.4) is 0 Å². The lowest BCUT2D eigenvalue weighted by molar-refractivity contribution is -0.178. The zero-order valence-corrected chi connectivity index (χ0v) is 24.6. The minimum absolute atomic E-state index is 0.0518. The summed E-state index contributed by atoms with van der Waals surface area (Å²) in [5, 5.41) is 0. The topological polar surface area (TPSA) is 64.8 Å². The second-order valence-electron chi connectivity index (χ2n) is 15.3. The second-order valence-corrected chi connectivity index (χ2v) is 15.3. The summed E-state index contributed by atoms with van der Waals surface area (Å²) in [4.78, 5) is 44.0. The number of ether oxygens (including phenoxy) is 1. The minimum atomic E-state index is -0.651. The molecule has 5 aliphatic rings. The molecule has 0 aromatic heterocycles. The molecule has 0 heterocycles. The number of ketones is 2. The molecule has 0 amide bonds. The Bertz CT molecular complexity index is 1220. The van der Waals surface area contributed by atoms with E-state index in [0.29, 0.717) is 6.42 Å². The Hall–Kier alpha value is -2.22. The number of fused-ring (bicyclic) bond motifs is 7. The number of carbonyl (C=O) groups excluding carboxylic acids is 3. The predicted octanol–water partition coefficient (Wildman–Crippen LogP) is 7.12. The van der Waals surface area contributed by atoms with E-state index in [1.165, 1.54) is 7.11 Å². The number of carbonyl (C=O) groups is 3. The Balaban J connectivity index is 1.68. The Morgan fingerprint density at radius 1 is 1.03 bits per heavy atom. The summed E-state index contributed by atoms with van der Waals surface area (Å²) in [6.07, 6.45) is 10.9. The Labute approximate surface area is 228 Å². The van der Waals surface area contributed by atoms with Gasteiger partial charge in [0, 0.05) is 16.7 Å². The van der Waals surface area contributed by atoms with E-state index >= 15 is 0 Å². The first kappa shape index (κ1) is 27.4. The summed E-state index contributed by atoms with van der Waals surface area (Å²) in [5.41, 5.74) is -0.369. The third kappa shape index (κ3) is 3.37. The van der Waals surface area contributed by atoms with E-state index in [2.05, 4.69) is 39.5 Å². The van der Waals surface area contributed by atoms with Crippen molar-refractivity contribution in [1.82, 2.24) is 0 Å². The average Bonchev–Trinajstić information content (AvgIpc) is 2.83. The maximum absolute atomic E-state index is 14.4. The van der Waals surface area contributed by atoms with Gasteiger partial charge in [-0.25, -0.2) is 4.85 Å². The molecule has 5 rings (SSSR count). The van der Waals surface area contributed by atoms with Gasteiger partial charge in [-0.3, -0.25) is 9.59 Å². The number of hydrogen-bond donors (Lipinski definition) is 0. The van der Waals surface area contributed by atoms with Gasteiger partial charge in [0.2, 0.25) is 5.70 Å². The summed E-state index contributed by atoms with van der Waals surface area (Å²) in [7, 11) is 1.47. The van der Waals surface area contributed by atoms with Crippen LogP contribution in [0.25, 0.3) is 4.85 Å². The molecule has 206 valence electrons. The molecule has 0 unspecified atom stereocenters. The smallest absolute Gasteiger partial charge is 0.306 e. The summed E-state index contributed by atoms with van der Waals surface area (Å²) >= 11 is 0. The number of hydrogen-bond acceptors (Lipinski definition) is 4. The highest BCUT2D eigenvalue weighted by Gasteiger charge is 2.69. The summed E-state index contributed by atoms with van der Waals surface area (Å²) < 4.78 is 5.17. The average molecular weight is 520 g/mol. The SMILES string of the molecule is [C-]#[N+]C1=C[C@]2(C)C3=CC(=O)[C@@H]4[C@@H]5CC(C)(C)CC[C@]5(CC(=O)OC)CC[C@@]4(C)[C@]3(C)CC[C@H]2C(C)(C)C1=O. The molecule has 0 aromatic carbocycles. The molecule has 0 radical (unpaired) electrons. The van der Waals surface area contributed by atoms with Crippen molar-refractivity contribution in [2.75, 3.05) is 7.11 Å². The predicted molar refractivity (Wildman–Crippen MR) is 147 cm³/mol. The molecule has 7 atom stereocenters. The van der Waals surface area contributed by atoms with Crippen molar-refractivity contribution < 1.29 is 19.1 Å². The van der Waals surface area contributed by atoms with Gasteiger partial charge in [0.25, 0.3) is 0 Å². The quantitative estimate of drug-likeness (QED) is 0.288. The standard InChI is InChI=1S/C33H45NO4/c1-28(2)12-14-33(19-25(36)38-9)15-13-32(7)26(20(33)17-28)22(35)16-24-30(5)18-21(34-8)27(37)29(3,4)23(30)10-11-31(24,32)6/h16,18,20,23,26H,10-15,17,19H2,1-7,9H3/t20-,23-,26-,30-,31+,32+,33+/m0/s1. The highest BCUT2D eigenvalue weighted by atomic mass is 16.5. The van der Waals surface area contributed by atoms with Gasteiger partial charge in [0.05, 0.1) is 20.1 Å². The molecule has 38 heavy (non-hydrogen) atoms. The van der Waals surface area contributed by atoms with E-state index < -0.39 is 10.8 Å². The van der Waals surface area contributed by atoms with E-state index in [1.807, 2.05) is 26.0 Å². The molecular weight excluding hydrogens is 474 g/mol. The molecule has 5 heteroatoms. The third-order valence-corrected chi connectivity index (χ3v) is 12.7. The van der Waals surface area contributed by atoms with Gasteiger partial charge in [-0.05, 0) is 84.5 Å². The van der Waals surface area contributed by atoms with E-state index in [1.54, 1.807) is 0 Å². The molecule has 0 spiro atoms. The molecule has 0 saturated heterocycles. The fourth-order valence-corrected chi connectivity index (χ4v) is 10.4. The van der Waals surface area contributed by atoms with Gasteiger partial charge in [0.15, 0.2) is 11.6 Å². The number of rotatable bonds is 2. The Kier molecular flexibility index (Phi) is 5.87. The Morgan fingerprint density at radius 3 is 2.32 bits per heavy atom. The fourth-order valence-electron chi connectivity index (χ4n) is 10.4. The number of allylic oxidation sites excluding steroid dienone is 4. The van der Waals surface area contributed by atoms with Gasteiger partial charge in [0.1, 0.15) is 0 Å². The number of nitrogens with zero attached hydrogens (tertiary/aromatic N) is 1. The maximum atomic E-state index is 14.4. The van der Waals surface area contributed by atoms with E-state index in [9.17, 15) is 14.4 Å². The second kappa shape index (κ2) is 8.15. The third-order valence-electron chi connectivity index (χ3n) is 12.7. The first-order valence-electron chi connectivity index (χ1n) is 14.5. The highest BCUT2D eigenvalue weighted by molar-refractivity contribution is 6.03. The van der Waals surface area contributed by atoms with Gasteiger partial charge in [-0.1, -0.05) is 60.1 Å². The molecular formula is C33H45NO4. The summed E-state index contributed by atoms with van der Waals surface area (Å²) in [6.45, 7) is 23.2. The van der Waals surface area contributed by atoms with Gasteiger partial charge >= 0.3 is 5.97 Å². The van der Waals surface area contributed by atoms with Crippen LogP contribution in [0.5, 0.6) is 0 Å². The first-order chi connectivity index (χ1) is 17.5. The van der Waals surface area contributed by atoms with Crippen LogP contribution in [0, 0.1) is 56.8 Å². The van der Waals surface area contributed by atoms with Crippen LogP contribution < -0.4 is 0 Å². The molecule has 0 aliphatic heterocycles. The molecule has 0 aromatic rings. The van der Waals surface area contributed by atoms with Crippen molar-refractivity contribution in [3.63, 3.8) is 0 Å². The van der Waals surface area contributed by atoms with Gasteiger partial charge in [-0.15, -0.1) is 0 Å². The van der Waals surface area contributed by atoms with Crippen LogP contribution >= 0.6 is 0 Å². The van der Waals surface area contributed by atoms with Crippen LogP contribution in [0.15, 0.2) is 23.4 Å². The van der Waals surface area contributed by atoms with Crippen molar-refractivity contribution in [3.8, 4) is 0 Å². The normalized spacial score (nSPS) is 44.8. The zero-order chi connectivity index (χ0) is 28.1. The van der Waals surface area contributed by atoms with Crippen LogP contribution in [0.4, 0.5) is 0 Å². The lowest BCUT2D eigenvalue weighted by atomic mass is 9.34. The van der Waals surface area contributed by atoms with Crippen LogP contribution in [-0.4, -0.2) is 24.6 Å². The van der Waals surface area contributed by atoms with E-state index in [0.717, 1.165) is 50.5 Å². The molecule has 5 aliphatic carbocycles. The molecule has 0 bridgehead atoms. The van der Waals surface area contributed by atoms with Crippen molar-refractivity contribution >= 4 is 17.5 Å². The van der Waals surface area contributed by atoms with Crippen molar-refractivity contribution in [2.24, 2.45) is 50.2 Å². The lowest BCUT2D eigenvalue weighted by Crippen LogP contribution is -2.65. The lowest BCUT2D eigenvalue weighted by Gasteiger charge is -2.69. The minimum Gasteiger partial charge on any atom is -0.469 e. The number of methoxy groups -OCH3 is 1. The summed E-state index contributed by atoms with van der Waals surface area (Å²) in [5.74, 6) is -0.00250. The van der Waals surface area contributed by atoms with Crippen LogP contribution in [0.2, 0.25) is 0 Å². The summed E-state index contributed by atoms with van der Waals surface area (Å²) in [6, 6.07) is 0. The van der Waals surface area contributed by atoms with Crippen LogP contribution in [-0.2, 0) is 19.1 Å². The van der Waals surface area contributed by atoms with E-state index in [-0.39, 0.29) is 62.6 Å². The number of Topliss-reactive ketones (excluding diaryl/α,β-unsaturated/α-hetero) is 1. The van der Waals surface area contributed by atoms with Crippen LogP contribution in [0.1, 0.15) is 99.8 Å². The van der Waals surface area contributed by atoms with E-state index in [4.69, 9.17) is 11.3 Å². The van der Waals surface area contributed by atoms with Crippen molar-refractivity contribution in [3.05, 3.63) is 34.8 Å². The maximum Gasteiger partial charge on any atom is 0.306 e. The largest absolute Gasteiger partial charge is 0.469 e. The zero-order valence-electron chi connectivity index (χ0n) is 24.6. The molecule has 3 saturated carbocycles. The molecule has 3 fully saturated rings. The fraction of sp³-hybridized carbons (Fsp3) is 0.758. The molecule has 0 N–H and O–H groups in total. The van der Waals surface area contributed by atoms with Crippen molar-refractivity contribution in [1.29, 1.82) is 0 Å². The van der Waals surface area contributed by atoms with Crippen molar-refractivity contribution in [2.45, 2.75) is 99.8 Å².